The van der Waals surface area contributed by atoms with E-state index in [-0.39, 0.29) is 24.1 Å². The number of hydrogen-bond acceptors (Lipinski definition) is 3. The van der Waals surface area contributed by atoms with E-state index in [2.05, 4.69) is 16.7 Å². The number of nitrogens with one attached hydrogen (secondary N) is 2. The summed E-state index contributed by atoms with van der Waals surface area (Å²) in [6, 6.07) is 18.9. The SMILES string of the molecule is Cc1ccccc1CC(=O)Nc1ccc(N2C(=O)CC(=O)Nc3c2ccc2c3C=CCC2)cc1. The minimum absolute atomic E-state index is 0.105. The fraction of sp³-hybridized carbons (Fsp3) is 0.179. The van der Waals surface area contributed by atoms with Gasteiger partial charge in [-0.2, -0.15) is 0 Å². The molecule has 0 bridgehead atoms. The van der Waals surface area contributed by atoms with Crippen molar-refractivity contribution in [1.82, 2.24) is 0 Å². The van der Waals surface area contributed by atoms with Gasteiger partial charge in [-0.3, -0.25) is 19.3 Å². The second-order valence-electron chi connectivity index (χ2n) is 8.63. The van der Waals surface area contributed by atoms with Crippen molar-refractivity contribution >= 4 is 46.5 Å². The maximum absolute atomic E-state index is 13.0. The lowest BCUT2D eigenvalue weighted by molar-refractivity contribution is -0.124. The molecule has 6 heteroatoms. The molecule has 0 fully saturated rings. The first kappa shape index (κ1) is 21.6. The molecular weight excluding hydrogens is 426 g/mol. The zero-order chi connectivity index (χ0) is 23.7. The Kier molecular flexibility index (Phi) is 5.72. The Morgan fingerprint density at radius 3 is 2.62 bits per heavy atom. The molecule has 0 unspecified atom stereocenters. The Morgan fingerprint density at radius 2 is 1.82 bits per heavy atom. The monoisotopic (exact) mass is 451 g/mol. The minimum Gasteiger partial charge on any atom is -0.326 e. The molecule has 170 valence electrons. The van der Waals surface area contributed by atoms with Crippen LogP contribution in [0.25, 0.3) is 6.08 Å². The van der Waals surface area contributed by atoms with Crippen LogP contribution >= 0.6 is 0 Å². The molecule has 0 aromatic heterocycles. The maximum atomic E-state index is 13.0. The third-order valence-corrected chi connectivity index (χ3v) is 6.27. The summed E-state index contributed by atoms with van der Waals surface area (Å²) in [6.45, 7) is 1.99. The van der Waals surface area contributed by atoms with Crippen LogP contribution in [0.2, 0.25) is 0 Å². The standard InChI is InChI=1S/C28H25N3O3/c1-18-6-2-3-8-20(18)16-25(32)29-21-11-13-22(14-12-21)31-24-15-10-19-7-4-5-9-23(19)28(24)30-26(33)17-27(31)34/h2-3,5-6,8-15H,4,7,16-17H2,1H3,(H,29,32)(H,30,33). The minimum atomic E-state index is -0.318. The third kappa shape index (κ3) is 4.22. The van der Waals surface area contributed by atoms with Crippen LogP contribution < -0.4 is 15.5 Å². The molecule has 3 amide bonds. The topological polar surface area (TPSA) is 78.5 Å². The van der Waals surface area contributed by atoms with E-state index in [1.807, 2.05) is 49.4 Å². The maximum Gasteiger partial charge on any atom is 0.241 e. The number of amides is 3. The number of carbonyl (C=O) groups excluding carboxylic acids is 3. The largest absolute Gasteiger partial charge is 0.326 e. The molecular formula is C28H25N3O3. The van der Waals surface area contributed by atoms with Crippen molar-refractivity contribution in [2.24, 2.45) is 0 Å². The molecule has 2 aliphatic rings. The second kappa shape index (κ2) is 8.98. The van der Waals surface area contributed by atoms with Gasteiger partial charge in [0, 0.05) is 16.9 Å². The van der Waals surface area contributed by atoms with Crippen LogP contribution in [-0.2, 0) is 27.2 Å². The van der Waals surface area contributed by atoms with Crippen molar-refractivity contribution in [3.8, 4) is 0 Å². The molecule has 34 heavy (non-hydrogen) atoms. The summed E-state index contributed by atoms with van der Waals surface area (Å²) in [7, 11) is 0. The fourth-order valence-electron chi connectivity index (χ4n) is 4.52. The van der Waals surface area contributed by atoms with Crippen LogP contribution in [0.4, 0.5) is 22.7 Å². The molecule has 2 N–H and O–H groups in total. The summed E-state index contributed by atoms with van der Waals surface area (Å²) in [4.78, 5) is 39.6. The number of allylic oxidation sites excluding steroid dienone is 1. The molecule has 3 aromatic carbocycles. The van der Waals surface area contributed by atoms with Gasteiger partial charge < -0.3 is 10.6 Å². The van der Waals surface area contributed by atoms with Crippen molar-refractivity contribution in [2.45, 2.75) is 32.6 Å². The Balaban J connectivity index is 1.41. The highest BCUT2D eigenvalue weighted by molar-refractivity contribution is 6.18. The van der Waals surface area contributed by atoms with Gasteiger partial charge in [0.25, 0.3) is 0 Å². The molecule has 0 saturated heterocycles. The Morgan fingerprint density at radius 1 is 1.03 bits per heavy atom. The highest BCUT2D eigenvalue weighted by Crippen LogP contribution is 2.41. The van der Waals surface area contributed by atoms with Crippen LogP contribution in [0.15, 0.2) is 66.7 Å². The quantitative estimate of drug-likeness (QED) is 0.539. The summed E-state index contributed by atoms with van der Waals surface area (Å²) in [5.41, 5.74) is 6.77. The molecule has 0 radical (unpaired) electrons. The Hall–Kier alpha value is -4.19. The number of carbonyl (C=O) groups is 3. The van der Waals surface area contributed by atoms with Crippen molar-refractivity contribution in [1.29, 1.82) is 0 Å². The van der Waals surface area contributed by atoms with Crippen molar-refractivity contribution < 1.29 is 14.4 Å². The number of nitrogens with zero attached hydrogens (tertiary/aromatic N) is 1. The summed E-state index contributed by atoms with van der Waals surface area (Å²) in [6.07, 6.45) is 6.01. The van der Waals surface area contributed by atoms with Gasteiger partial charge >= 0.3 is 0 Å². The predicted molar refractivity (Wildman–Crippen MR) is 134 cm³/mol. The molecule has 0 atom stereocenters. The first-order valence-corrected chi connectivity index (χ1v) is 11.4. The van der Waals surface area contributed by atoms with Gasteiger partial charge in [0.05, 0.1) is 17.8 Å². The Labute approximate surface area is 198 Å². The average Bonchev–Trinajstić information content (AvgIpc) is 2.95. The van der Waals surface area contributed by atoms with Crippen LogP contribution in [0.5, 0.6) is 0 Å². The summed E-state index contributed by atoms with van der Waals surface area (Å²) >= 11 is 0. The molecule has 3 aromatic rings. The number of anilines is 4. The van der Waals surface area contributed by atoms with Crippen molar-refractivity contribution in [3.63, 3.8) is 0 Å². The van der Waals surface area contributed by atoms with Crippen molar-refractivity contribution in [3.05, 3.63) is 89.0 Å². The van der Waals surface area contributed by atoms with E-state index >= 15 is 0 Å². The van der Waals surface area contributed by atoms with E-state index in [9.17, 15) is 14.4 Å². The second-order valence-corrected chi connectivity index (χ2v) is 8.63. The zero-order valence-corrected chi connectivity index (χ0v) is 18.9. The zero-order valence-electron chi connectivity index (χ0n) is 18.9. The van der Waals surface area contributed by atoms with Gasteiger partial charge in [0.1, 0.15) is 6.42 Å². The number of aryl methyl sites for hydroxylation is 2. The van der Waals surface area contributed by atoms with E-state index in [0.717, 1.165) is 35.1 Å². The fourth-order valence-corrected chi connectivity index (χ4v) is 4.52. The number of rotatable bonds is 4. The van der Waals surface area contributed by atoms with Crippen LogP contribution in [0.3, 0.4) is 0 Å². The smallest absolute Gasteiger partial charge is 0.241 e. The van der Waals surface area contributed by atoms with E-state index in [0.29, 0.717) is 29.2 Å². The van der Waals surface area contributed by atoms with Gasteiger partial charge in [-0.1, -0.05) is 42.5 Å². The first-order chi connectivity index (χ1) is 16.5. The Bertz CT molecular complexity index is 1330. The predicted octanol–water partition coefficient (Wildman–Crippen LogP) is 5.14. The normalized spacial score (nSPS) is 14.7. The molecule has 1 heterocycles. The molecule has 0 saturated carbocycles. The molecule has 5 rings (SSSR count). The molecule has 0 spiro atoms. The lowest BCUT2D eigenvalue weighted by Crippen LogP contribution is -2.26. The van der Waals surface area contributed by atoms with Gasteiger partial charge in [-0.05, 0) is 66.8 Å². The van der Waals surface area contributed by atoms with E-state index in [1.54, 1.807) is 29.2 Å². The summed E-state index contributed by atoms with van der Waals surface area (Å²) in [5, 5.41) is 5.86. The van der Waals surface area contributed by atoms with Gasteiger partial charge in [0.15, 0.2) is 0 Å². The van der Waals surface area contributed by atoms with E-state index in [4.69, 9.17) is 0 Å². The van der Waals surface area contributed by atoms with Crippen LogP contribution in [-0.4, -0.2) is 17.7 Å². The van der Waals surface area contributed by atoms with Gasteiger partial charge in [-0.25, -0.2) is 0 Å². The molecule has 1 aliphatic carbocycles. The third-order valence-electron chi connectivity index (χ3n) is 6.27. The number of benzene rings is 3. The lowest BCUT2D eigenvalue weighted by atomic mass is 9.94. The van der Waals surface area contributed by atoms with E-state index in [1.165, 1.54) is 0 Å². The molecule has 6 nitrogen and oxygen atoms in total. The van der Waals surface area contributed by atoms with Crippen molar-refractivity contribution in [2.75, 3.05) is 15.5 Å². The highest BCUT2D eigenvalue weighted by atomic mass is 16.2. The first-order valence-electron chi connectivity index (χ1n) is 11.4. The summed E-state index contributed by atoms with van der Waals surface area (Å²) < 4.78 is 0. The number of fused-ring (bicyclic) bond motifs is 3. The highest BCUT2D eigenvalue weighted by Gasteiger charge is 2.29. The van der Waals surface area contributed by atoms with Crippen LogP contribution in [0, 0.1) is 6.92 Å². The lowest BCUT2D eigenvalue weighted by Gasteiger charge is -2.25. The van der Waals surface area contributed by atoms with Gasteiger partial charge in [0.2, 0.25) is 17.7 Å². The van der Waals surface area contributed by atoms with E-state index < -0.39 is 0 Å². The van der Waals surface area contributed by atoms with Gasteiger partial charge in [-0.15, -0.1) is 0 Å². The average molecular weight is 452 g/mol. The molecule has 1 aliphatic heterocycles. The summed E-state index contributed by atoms with van der Waals surface area (Å²) in [5.74, 6) is -0.722. The number of hydrogen-bond donors (Lipinski definition) is 2. The van der Waals surface area contributed by atoms with Crippen LogP contribution in [0.1, 0.15) is 35.1 Å².